The van der Waals surface area contributed by atoms with E-state index in [1.54, 1.807) is 29.6 Å². The molecule has 2 heterocycles. The molecule has 0 saturated heterocycles. The molecule has 1 aromatic carbocycles. The maximum atomic E-state index is 12.8. The molecule has 24 heavy (non-hydrogen) atoms. The van der Waals surface area contributed by atoms with Crippen molar-refractivity contribution in [3.8, 4) is 0 Å². The summed E-state index contributed by atoms with van der Waals surface area (Å²) in [5, 5.41) is 1.77. The highest BCUT2D eigenvalue weighted by Gasteiger charge is 2.22. The molecule has 0 aliphatic carbocycles. The predicted octanol–water partition coefficient (Wildman–Crippen LogP) is 4.91. The predicted molar refractivity (Wildman–Crippen MR) is 96.8 cm³/mol. The van der Waals surface area contributed by atoms with Crippen LogP contribution in [0.5, 0.6) is 0 Å². The first kappa shape index (κ1) is 16.9. The summed E-state index contributed by atoms with van der Waals surface area (Å²) in [6, 6.07) is 9.46. The summed E-state index contributed by atoms with van der Waals surface area (Å²) in [6.45, 7) is 2.50. The molecule has 0 bridgehead atoms. The molecule has 0 aliphatic rings. The minimum Gasteiger partial charge on any atom is -0.461 e. The van der Waals surface area contributed by atoms with Crippen LogP contribution in [0.4, 0.5) is 0 Å². The summed E-state index contributed by atoms with van der Waals surface area (Å²) < 4.78 is 7.49. The zero-order valence-electron chi connectivity index (χ0n) is 13.8. The number of furan rings is 1. The summed E-state index contributed by atoms with van der Waals surface area (Å²) in [7, 11) is 3.48. The van der Waals surface area contributed by atoms with Crippen LogP contribution in [0.1, 0.15) is 28.7 Å². The third-order valence-corrected chi connectivity index (χ3v) is 5.02. The standard InChI is InChI=1S/C18H18Cl2N2O2/c1-4-15-12(11-7-5-6-8-16(11)24-15)10-21(2)18(23)14-9-13(19)17(20)22(14)3/h5-9H,4,10H2,1-3H3. The van der Waals surface area contributed by atoms with Gasteiger partial charge >= 0.3 is 0 Å². The third kappa shape index (κ3) is 2.80. The van der Waals surface area contributed by atoms with Crippen molar-refractivity contribution in [2.24, 2.45) is 7.05 Å². The first-order valence-corrected chi connectivity index (χ1v) is 8.45. The van der Waals surface area contributed by atoms with Gasteiger partial charge in [-0.2, -0.15) is 0 Å². The van der Waals surface area contributed by atoms with Crippen molar-refractivity contribution in [3.05, 3.63) is 57.5 Å². The van der Waals surface area contributed by atoms with Crippen molar-refractivity contribution in [2.45, 2.75) is 19.9 Å². The van der Waals surface area contributed by atoms with Crippen LogP contribution in [-0.2, 0) is 20.0 Å². The number of rotatable bonds is 4. The van der Waals surface area contributed by atoms with Crippen LogP contribution in [-0.4, -0.2) is 22.4 Å². The van der Waals surface area contributed by atoms with Gasteiger partial charge in [0.05, 0.1) is 5.02 Å². The molecule has 4 nitrogen and oxygen atoms in total. The van der Waals surface area contributed by atoms with E-state index in [1.165, 1.54) is 0 Å². The SMILES string of the molecule is CCc1oc2ccccc2c1CN(C)C(=O)c1cc(Cl)c(Cl)n1C. The molecule has 0 atom stereocenters. The average molecular weight is 365 g/mol. The monoisotopic (exact) mass is 364 g/mol. The molecule has 0 N–H and O–H groups in total. The van der Waals surface area contributed by atoms with Gasteiger partial charge in [-0.15, -0.1) is 0 Å². The Morgan fingerprint density at radius 2 is 2.00 bits per heavy atom. The van der Waals surface area contributed by atoms with Gasteiger partial charge in [0.2, 0.25) is 0 Å². The van der Waals surface area contributed by atoms with Gasteiger partial charge in [-0.25, -0.2) is 0 Å². The Kier molecular flexibility index (Phi) is 4.61. The van der Waals surface area contributed by atoms with Crippen LogP contribution >= 0.6 is 23.2 Å². The highest BCUT2D eigenvalue weighted by atomic mass is 35.5. The van der Waals surface area contributed by atoms with E-state index in [9.17, 15) is 4.79 Å². The minimum absolute atomic E-state index is 0.140. The van der Waals surface area contributed by atoms with Gasteiger partial charge in [0.25, 0.3) is 5.91 Å². The number of halogens is 2. The second kappa shape index (κ2) is 6.54. The summed E-state index contributed by atoms with van der Waals surface area (Å²) in [5.41, 5.74) is 2.34. The molecule has 0 spiro atoms. The molecule has 0 unspecified atom stereocenters. The van der Waals surface area contributed by atoms with Crippen molar-refractivity contribution in [2.75, 3.05) is 7.05 Å². The number of aryl methyl sites for hydroxylation is 1. The summed E-state index contributed by atoms with van der Waals surface area (Å²) in [4.78, 5) is 14.4. The van der Waals surface area contributed by atoms with Crippen LogP contribution in [0.3, 0.4) is 0 Å². The van der Waals surface area contributed by atoms with Crippen molar-refractivity contribution < 1.29 is 9.21 Å². The second-order valence-electron chi connectivity index (χ2n) is 5.74. The lowest BCUT2D eigenvalue weighted by molar-refractivity contribution is 0.0775. The summed E-state index contributed by atoms with van der Waals surface area (Å²) in [5.74, 6) is 0.762. The van der Waals surface area contributed by atoms with E-state index in [2.05, 4.69) is 0 Å². The van der Waals surface area contributed by atoms with E-state index >= 15 is 0 Å². The lowest BCUT2D eigenvalue weighted by Gasteiger charge is -2.18. The van der Waals surface area contributed by atoms with Gasteiger partial charge in [0.1, 0.15) is 22.2 Å². The molecular weight excluding hydrogens is 347 g/mol. The number of hydrogen-bond acceptors (Lipinski definition) is 2. The van der Waals surface area contributed by atoms with E-state index < -0.39 is 0 Å². The highest BCUT2D eigenvalue weighted by Crippen LogP contribution is 2.29. The molecule has 3 rings (SSSR count). The Bertz CT molecular complexity index is 911. The topological polar surface area (TPSA) is 38.4 Å². The van der Waals surface area contributed by atoms with Crippen LogP contribution in [0.2, 0.25) is 10.2 Å². The highest BCUT2D eigenvalue weighted by molar-refractivity contribution is 6.41. The lowest BCUT2D eigenvalue weighted by Crippen LogP contribution is -2.28. The van der Waals surface area contributed by atoms with E-state index in [4.69, 9.17) is 27.6 Å². The fourth-order valence-electron chi connectivity index (χ4n) is 2.86. The first-order valence-electron chi connectivity index (χ1n) is 7.69. The Labute approximate surface area is 150 Å². The number of benzene rings is 1. The Morgan fingerprint density at radius 3 is 2.62 bits per heavy atom. The molecular formula is C18H18Cl2N2O2. The van der Waals surface area contributed by atoms with Gasteiger partial charge < -0.3 is 13.9 Å². The molecule has 0 radical (unpaired) electrons. The number of amides is 1. The van der Waals surface area contributed by atoms with E-state index in [0.29, 0.717) is 22.4 Å². The number of carbonyl (C=O) groups is 1. The molecule has 0 aliphatic heterocycles. The van der Waals surface area contributed by atoms with Gasteiger partial charge in [0.15, 0.2) is 0 Å². The normalized spacial score (nSPS) is 11.2. The van der Waals surface area contributed by atoms with Gasteiger partial charge in [-0.05, 0) is 12.1 Å². The summed E-state index contributed by atoms with van der Waals surface area (Å²) >= 11 is 12.1. The van der Waals surface area contributed by atoms with Crippen LogP contribution in [0.15, 0.2) is 34.7 Å². The van der Waals surface area contributed by atoms with Gasteiger partial charge in [-0.3, -0.25) is 4.79 Å². The number of fused-ring (bicyclic) bond motifs is 1. The fourth-order valence-corrected chi connectivity index (χ4v) is 3.24. The number of carbonyl (C=O) groups excluding carboxylic acids is 1. The minimum atomic E-state index is -0.140. The van der Waals surface area contributed by atoms with E-state index in [1.807, 2.05) is 31.2 Å². The largest absolute Gasteiger partial charge is 0.461 e. The maximum Gasteiger partial charge on any atom is 0.270 e. The van der Waals surface area contributed by atoms with Crippen molar-refractivity contribution in [1.82, 2.24) is 9.47 Å². The van der Waals surface area contributed by atoms with Gasteiger partial charge in [0, 0.05) is 38.0 Å². The Morgan fingerprint density at radius 1 is 1.29 bits per heavy atom. The molecule has 0 saturated carbocycles. The zero-order valence-corrected chi connectivity index (χ0v) is 15.3. The van der Waals surface area contributed by atoms with E-state index in [-0.39, 0.29) is 5.91 Å². The van der Waals surface area contributed by atoms with E-state index in [0.717, 1.165) is 28.7 Å². The molecule has 6 heteroatoms. The second-order valence-corrected chi connectivity index (χ2v) is 6.51. The van der Waals surface area contributed by atoms with Gasteiger partial charge in [-0.1, -0.05) is 48.3 Å². The number of hydrogen-bond donors (Lipinski definition) is 0. The lowest BCUT2D eigenvalue weighted by atomic mass is 10.1. The average Bonchev–Trinajstić information content (AvgIpc) is 3.06. The summed E-state index contributed by atoms with van der Waals surface area (Å²) in [6.07, 6.45) is 0.772. The molecule has 0 fully saturated rings. The van der Waals surface area contributed by atoms with Crippen molar-refractivity contribution >= 4 is 40.1 Å². The smallest absolute Gasteiger partial charge is 0.270 e. The number of nitrogens with zero attached hydrogens (tertiary/aromatic N) is 2. The Balaban J connectivity index is 1.93. The maximum absolute atomic E-state index is 12.8. The van der Waals surface area contributed by atoms with Crippen LogP contribution < -0.4 is 0 Å². The fraction of sp³-hybridized carbons (Fsp3) is 0.278. The quantitative estimate of drug-likeness (QED) is 0.659. The molecule has 2 aromatic heterocycles. The van der Waals surface area contributed by atoms with Crippen molar-refractivity contribution in [3.63, 3.8) is 0 Å². The molecule has 1 amide bonds. The Hall–Kier alpha value is -1.91. The first-order chi connectivity index (χ1) is 11.4. The number of para-hydroxylation sites is 1. The van der Waals surface area contributed by atoms with Crippen LogP contribution in [0.25, 0.3) is 11.0 Å². The zero-order chi connectivity index (χ0) is 17.4. The number of aromatic nitrogens is 1. The van der Waals surface area contributed by atoms with Crippen molar-refractivity contribution in [1.29, 1.82) is 0 Å². The third-order valence-electron chi connectivity index (χ3n) is 4.18. The molecule has 126 valence electrons. The van der Waals surface area contributed by atoms with Crippen LogP contribution in [0, 0.1) is 0 Å². The molecule has 3 aromatic rings.